The predicted octanol–water partition coefficient (Wildman–Crippen LogP) is 4.78. The lowest BCUT2D eigenvalue weighted by molar-refractivity contribution is 0.103. The molecule has 138 valence electrons. The van der Waals surface area contributed by atoms with Crippen molar-refractivity contribution in [2.45, 2.75) is 25.2 Å². The van der Waals surface area contributed by atoms with E-state index in [2.05, 4.69) is 41.4 Å². The zero-order chi connectivity index (χ0) is 19.1. The first-order valence-electron chi connectivity index (χ1n) is 9.42. The van der Waals surface area contributed by atoms with Crippen molar-refractivity contribution >= 4 is 33.0 Å². The van der Waals surface area contributed by atoms with Crippen LogP contribution < -0.4 is 5.73 Å². The molecule has 0 bridgehead atoms. The first kappa shape index (κ1) is 17.1. The molecule has 28 heavy (non-hydrogen) atoms. The number of anilines is 1. The number of fused-ring (bicyclic) bond motifs is 2. The monoisotopic (exact) mass is 385 g/mol. The Labute approximate surface area is 167 Å². The molecule has 1 aliphatic carbocycles. The maximum absolute atomic E-state index is 12.8. The van der Waals surface area contributed by atoms with Gasteiger partial charge in [0.25, 0.3) is 0 Å². The van der Waals surface area contributed by atoms with Crippen molar-refractivity contribution in [3.8, 4) is 0 Å². The van der Waals surface area contributed by atoms with Crippen molar-refractivity contribution in [2.24, 2.45) is 0 Å². The molecule has 1 atom stereocenters. The number of benzene rings is 1. The molecular weight excluding hydrogens is 366 g/mol. The molecule has 1 aliphatic rings. The highest BCUT2D eigenvalue weighted by molar-refractivity contribution is 7.21. The SMILES string of the molecule is Nc1c(C(=O)c2ccccn2)sc2nc3c(cc12)CC(c1ccccc1)CC3. The number of aromatic nitrogens is 2. The normalized spacial score (nSPS) is 16.1. The number of hydrogen-bond donors (Lipinski definition) is 1. The lowest BCUT2D eigenvalue weighted by Crippen LogP contribution is -2.14. The molecule has 0 amide bonds. The summed E-state index contributed by atoms with van der Waals surface area (Å²) in [6.45, 7) is 0. The minimum Gasteiger partial charge on any atom is -0.397 e. The van der Waals surface area contributed by atoms with Gasteiger partial charge in [-0.25, -0.2) is 4.98 Å². The second-order valence-electron chi connectivity index (χ2n) is 7.19. The molecule has 0 saturated carbocycles. The molecular formula is C23H19N3OS. The Morgan fingerprint density at radius 3 is 2.71 bits per heavy atom. The summed E-state index contributed by atoms with van der Waals surface area (Å²) >= 11 is 1.37. The minimum atomic E-state index is -0.138. The van der Waals surface area contributed by atoms with Gasteiger partial charge in [0.15, 0.2) is 0 Å². The summed E-state index contributed by atoms with van der Waals surface area (Å²) < 4.78 is 0. The molecule has 4 nitrogen and oxygen atoms in total. The number of thiophene rings is 1. The Hall–Kier alpha value is -3.05. The lowest BCUT2D eigenvalue weighted by Gasteiger charge is -2.24. The maximum atomic E-state index is 12.8. The van der Waals surface area contributed by atoms with Crippen molar-refractivity contribution in [1.29, 1.82) is 0 Å². The Bertz CT molecular complexity index is 1170. The van der Waals surface area contributed by atoms with Crippen LogP contribution in [0.15, 0.2) is 60.8 Å². The van der Waals surface area contributed by atoms with E-state index in [1.54, 1.807) is 18.3 Å². The Morgan fingerprint density at radius 2 is 1.93 bits per heavy atom. The molecule has 5 rings (SSSR count). The van der Waals surface area contributed by atoms with E-state index in [1.165, 1.54) is 22.5 Å². The van der Waals surface area contributed by atoms with E-state index < -0.39 is 0 Å². The number of hydrogen-bond acceptors (Lipinski definition) is 5. The highest BCUT2D eigenvalue weighted by atomic mass is 32.1. The second kappa shape index (κ2) is 6.84. The third-order valence-electron chi connectivity index (χ3n) is 5.46. The molecule has 1 aromatic carbocycles. The average molecular weight is 385 g/mol. The molecule has 0 aliphatic heterocycles. The number of pyridine rings is 2. The second-order valence-corrected chi connectivity index (χ2v) is 8.19. The van der Waals surface area contributed by atoms with E-state index >= 15 is 0 Å². The molecule has 0 radical (unpaired) electrons. The number of nitrogen functional groups attached to an aromatic ring is 1. The van der Waals surface area contributed by atoms with Crippen LogP contribution in [0.1, 0.15) is 44.5 Å². The van der Waals surface area contributed by atoms with Crippen molar-refractivity contribution in [3.05, 3.63) is 88.2 Å². The van der Waals surface area contributed by atoms with Crippen LogP contribution in [-0.2, 0) is 12.8 Å². The zero-order valence-electron chi connectivity index (χ0n) is 15.3. The van der Waals surface area contributed by atoms with Gasteiger partial charge in [-0.1, -0.05) is 36.4 Å². The van der Waals surface area contributed by atoms with Gasteiger partial charge in [-0.15, -0.1) is 11.3 Å². The van der Waals surface area contributed by atoms with E-state index in [9.17, 15) is 4.79 Å². The molecule has 3 heterocycles. The highest BCUT2D eigenvalue weighted by Crippen LogP contribution is 2.38. The standard InChI is InChI=1S/C23H19N3OS/c24-20-17-13-16-12-15(14-6-2-1-3-7-14)9-10-18(16)26-23(17)28-22(20)21(27)19-8-4-5-11-25-19/h1-8,11,13,15H,9-10,12,24H2. The molecule has 2 N–H and O–H groups in total. The maximum Gasteiger partial charge on any atom is 0.223 e. The minimum absolute atomic E-state index is 0.138. The smallest absolute Gasteiger partial charge is 0.223 e. The first-order valence-corrected chi connectivity index (χ1v) is 10.2. The summed E-state index contributed by atoms with van der Waals surface area (Å²) in [5.41, 5.74) is 11.1. The first-order chi connectivity index (χ1) is 13.7. The third-order valence-corrected chi connectivity index (χ3v) is 6.57. The Kier molecular flexibility index (Phi) is 4.17. The van der Waals surface area contributed by atoms with E-state index in [0.717, 1.165) is 35.2 Å². The Balaban J connectivity index is 1.53. The van der Waals surface area contributed by atoms with Crippen LogP contribution in [0.3, 0.4) is 0 Å². The van der Waals surface area contributed by atoms with Crippen LogP contribution in [0, 0.1) is 0 Å². The van der Waals surface area contributed by atoms with Crippen LogP contribution >= 0.6 is 11.3 Å². The van der Waals surface area contributed by atoms with Crippen LogP contribution in [0.2, 0.25) is 0 Å². The fourth-order valence-corrected chi connectivity index (χ4v) is 5.03. The van der Waals surface area contributed by atoms with Gasteiger partial charge in [-0.3, -0.25) is 9.78 Å². The van der Waals surface area contributed by atoms with Crippen LogP contribution in [0.25, 0.3) is 10.2 Å². The summed E-state index contributed by atoms with van der Waals surface area (Å²) in [5, 5.41) is 0.886. The third kappa shape index (κ3) is 2.88. The van der Waals surface area contributed by atoms with Gasteiger partial charge in [0.1, 0.15) is 15.4 Å². The highest BCUT2D eigenvalue weighted by Gasteiger charge is 2.25. The van der Waals surface area contributed by atoms with Gasteiger partial charge in [0.05, 0.1) is 5.69 Å². The fourth-order valence-electron chi connectivity index (χ4n) is 3.98. The van der Waals surface area contributed by atoms with Crippen LogP contribution in [0.5, 0.6) is 0 Å². The van der Waals surface area contributed by atoms with Crippen molar-refractivity contribution < 1.29 is 4.79 Å². The number of nitrogens with two attached hydrogens (primary N) is 1. The van der Waals surface area contributed by atoms with Gasteiger partial charge in [-0.05, 0) is 54.5 Å². The molecule has 1 unspecified atom stereocenters. The largest absolute Gasteiger partial charge is 0.397 e. The van der Waals surface area contributed by atoms with Crippen molar-refractivity contribution in [3.63, 3.8) is 0 Å². The van der Waals surface area contributed by atoms with Crippen LogP contribution in [-0.4, -0.2) is 15.8 Å². The van der Waals surface area contributed by atoms with Crippen molar-refractivity contribution in [2.75, 3.05) is 5.73 Å². The van der Waals surface area contributed by atoms with Gasteiger partial charge in [0.2, 0.25) is 5.78 Å². The predicted molar refractivity (Wildman–Crippen MR) is 113 cm³/mol. The zero-order valence-corrected chi connectivity index (χ0v) is 16.1. The lowest BCUT2D eigenvalue weighted by atomic mass is 9.82. The van der Waals surface area contributed by atoms with E-state index in [0.29, 0.717) is 22.2 Å². The number of ketones is 1. The topological polar surface area (TPSA) is 68.9 Å². The van der Waals surface area contributed by atoms with Gasteiger partial charge < -0.3 is 5.73 Å². The van der Waals surface area contributed by atoms with E-state index in [-0.39, 0.29) is 5.78 Å². The number of rotatable bonds is 3. The summed E-state index contributed by atoms with van der Waals surface area (Å²) in [7, 11) is 0. The van der Waals surface area contributed by atoms with Crippen LogP contribution in [0.4, 0.5) is 5.69 Å². The molecule has 0 fully saturated rings. The van der Waals surface area contributed by atoms with Crippen molar-refractivity contribution in [1.82, 2.24) is 9.97 Å². The summed E-state index contributed by atoms with van der Waals surface area (Å²) in [6, 6.07) is 18.1. The number of carbonyl (C=O) groups is 1. The number of carbonyl (C=O) groups excluding carboxylic acids is 1. The number of aryl methyl sites for hydroxylation is 1. The fraction of sp³-hybridized carbons (Fsp3) is 0.174. The summed E-state index contributed by atoms with van der Waals surface area (Å²) in [4.78, 5) is 23.2. The van der Waals surface area contributed by atoms with Gasteiger partial charge in [0, 0.05) is 17.3 Å². The molecule has 4 aromatic rings. The molecule has 0 spiro atoms. The summed E-state index contributed by atoms with van der Waals surface area (Å²) in [6.07, 6.45) is 4.63. The molecule has 0 saturated heterocycles. The van der Waals surface area contributed by atoms with Gasteiger partial charge >= 0.3 is 0 Å². The summed E-state index contributed by atoms with van der Waals surface area (Å²) in [5.74, 6) is 0.365. The molecule has 3 aromatic heterocycles. The van der Waals surface area contributed by atoms with E-state index in [1.807, 2.05) is 6.07 Å². The average Bonchev–Trinajstić information content (AvgIpc) is 3.08. The Morgan fingerprint density at radius 1 is 1.11 bits per heavy atom. The van der Waals surface area contributed by atoms with E-state index in [4.69, 9.17) is 10.7 Å². The quantitative estimate of drug-likeness (QED) is 0.516. The van der Waals surface area contributed by atoms with Gasteiger partial charge in [-0.2, -0.15) is 0 Å². The molecule has 5 heteroatoms. The number of nitrogens with zero attached hydrogens (tertiary/aromatic N) is 2.